The maximum absolute atomic E-state index is 11.8. The number of benzene rings is 1. The molecule has 1 aliphatic rings. The van der Waals surface area contributed by atoms with Gasteiger partial charge in [0.05, 0.1) is 4.91 Å². The van der Waals surface area contributed by atoms with Crippen LogP contribution in [-0.4, -0.2) is 28.8 Å². The van der Waals surface area contributed by atoms with E-state index >= 15 is 0 Å². The molecule has 0 saturated carbocycles. The quantitative estimate of drug-likeness (QED) is 0.800. The Morgan fingerprint density at radius 1 is 1.12 bits per heavy atom. The number of imide groups is 1. The molecule has 6 heteroatoms. The molecule has 5 nitrogen and oxygen atoms in total. The summed E-state index contributed by atoms with van der Waals surface area (Å²) < 4.78 is 2.16. The topological polar surface area (TPSA) is 54.3 Å². The number of thioether (sulfide) groups is 1. The minimum absolute atomic E-state index is 0.318. The van der Waals surface area contributed by atoms with E-state index in [2.05, 4.69) is 52.9 Å². The van der Waals surface area contributed by atoms with Gasteiger partial charge < -0.3 is 9.47 Å². The molecule has 3 rings (SSSR count). The molecule has 2 aromatic rings. The number of aryl methyl sites for hydroxylation is 1. The van der Waals surface area contributed by atoms with Crippen molar-refractivity contribution in [3.8, 4) is 5.69 Å². The van der Waals surface area contributed by atoms with Gasteiger partial charge in [-0.15, -0.1) is 0 Å². The molecule has 0 unspecified atom stereocenters. The Bertz CT molecular complexity index is 877. The summed E-state index contributed by atoms with van der Waals surface area (Å²) in [6.07, 6.45) is 1.79. The van der Waals surface area contributed by atoms with Gasteiger partial charge in [0.1, 0.15) is 0 Å². The van der Waals surface area contributed by atoms with Crippen molar-refractivity contribution in [1.29, 1.82) is 0 Å². The van der Waals surface area contributed by atoms with E-state index in [1.165, 1.54) is 5.69 Å². The zero-order chi connectivity index (χ0) is 18.8. The number of carbonyl (C=O) groups excluding carboxylic acids is 2. The fourth-order valence-corrected chi connectivity index (χ4v) is 3.97. The summed E-state index contributed by atoms with van der Waals surface area (Å²) in [5, 5.41) is 1.98. The third kappa shape index (κ3) is 3.42. The Balaban J connectivity index is 1.95. The highest BCUT2D eigenvalue weighted by Gasteiger charge is 2.25. The predicted molar refractivity (Wildman–Crippen MR) is 108 cm³/mol. The van der Waals surface area contributed by atoms with Crippen LogP contribution in [-0.2, 0) is 4.79 Å². The van der Waals surface area contributed by atoms with Gasteiger partial charge in [-0.25, -0.2) is 0 Å². The fourth-order valence-electron chi connectivity index (χ4n) is 3.29. The number of nitrogens with zero attached hydrogens (tertiary/aromatic N) is 2. The molecule has 0 spiro atoms. The smallest absolute Gasteiger partial charge is 0.290 e. The summed E-state index contributed by atoms with van der Waals surface area (Å²) in [6.45, 7) is 10.3. The first-order valence-electron chi connectivity index (χ1n) is 8.73. The molecule has 1 fully saturated rings. The Morgan fingerprint density at radius 2 is 1.77 bits per heavy atom. The van der Waals surface area contributed by atoms with Crippen LogP contribution in [0.5, 0.6) is 0 Å². The molecule has 0 radical (unpaired) electrons. The van der Waals surface area contributed by atoms with E-state index in [9.17, 15) is 9.59 Å². The minimum atomic E-state index is -0.326. The van der Waals surface area contributed by atoms with Crippen LogP contribution in [0.25, 0.3) is 11.8 Å². The van der Waals surface area contributed by atoms with Crippen LogP contribution in [0, 0.1) is 13.8 Å². The maximum atomic E-state index is 11.8. The molecule has 1 aromatic heterocycles. The van der Waals surface area contributed by atoms with Gasteiger partial charge in [0.25, 0.3) is 11.1 Å². The standard InChI is InChI=1S/C20H23N3O2S/c1-5-22(6-2)16-7-9-17(10-8-16)23-13(3)11-15(14(23)4)12-18-19(24)21-20(25)26-18/h7-12H,5-6H2,1-4H3,(H,21,24,25)/b18-12-. The number of aromatic nitrogens is 1. The van der Waals surface area contributed by atoms with Gasteiger partial charge in [-0.05, 0) is 81.4 Å². The van der Waals surface area contributed by atoms with Crippen molar-refractivity contribution in [2.75, 3.05) is 18.0 Å². The number of anilines is 1. The van der Waals surface area contributed by atoms with Crippen LogP contribution < -0.4 is 10.2 Å². The van der Waals surface area contributed by atoms with Crippen molar-refractivity contribution in [2.45, 2.75) is 27.7 Å². The Morgan fingerprint density at radius 3 is 2.31 bits per heavy atom. The average molecular weight is 369 g/mol. The van der Waals surface area contributed by atoms with Gasteiger partial charge in [-0.3, -0.25) is 14.9 Å². The van der Waals surface area contributed by atoms with E-state index in [4.69, 9.17) is 0 Å². The van der Waals surface area contributed by atoms with E-state index in [1.807, 2.05) is 19.9 Å². The molecule has 0 atom stereocenters. The zero-order valence-corrected chi connectivity index (χ0v) is 16.3. The number of carbonyl (C=O) groups is 2. The van der Waals surface area contributed by atoms with Crippen LogP contribution in [0.15, 0.2) is 35.2 Å². The molecule has 2 heterocycles. The van der Waals surface area contributed by atoms with Crippen molar-refractivity contribution in [2.24, 2.45) is 0 Å². The highest BCUT2D eigenvalue weighted by molar-refractivity contribution is 8.18. The largest absolute Gasteiger partial charge is 0.372 e. The van der Waals surface area contributed by atoms with Gasteiger partial charge in [-0.2, -0.15) is 0 Å². The van der Waals surface area contributed by atoms with Gasteiger partial charge >= 0.3 is 0 Å². The first kappa shape index (κ1) is 18.3. The lowest BCUT2D eigenvalue weighted by molar-refractivity contribution is -0.115. The predicted octanol–water partition coefficient (Wildman–Crippen LogP) is 4.26. The van der Waals surface area contributed by atoms with Gasteiger partial charge in [0, 0.05) is 35.9 Å². The number of amides is 2. The van der Waals surface area contributed by atoms with Gasteiger partial charge in [0.2, 0.25) is 0 Å². The summed E-state index contributed by atoms with van der Waals surface area (Å²) in [7, 11) is 0. The van der Waals surface area contributed by atoms with Crippen molar-refractivity contribution in [3.05, 3.63) is 52.2 Å². The lowest BCUT2D eigenvalue weighted by Crippen LogP contribution is -2.21. The molecule has 1 N–H and O–H groups in total. The fraction of sp³-hybridized carbons (Fsp3) is 0.300. The maximum Gasteiger partial charge on any atom is 0.290 e. The summed E-state index contributed by atoms with van der Waals surface area (Å²) in [5.41, 5.74) is 5.36. The summed E-state index contributed by atoms with van der Waals surface area (Å²) in [5.74, 6) is -0.326. The number of rotatable bonds is 5. The molecular formula is C20H23N3O2S. The van der Waals surface area contributed by atoms with E-state index in [1.54, 1.807) is 6.08 Å². The molecule has 1 saturated heterocycles. The van der Waals surface area contributed by atoms with E-state index in [0.29, 0.717) is 4.91 Å². The molecule has 1 aliphatic heterocycles. The molecule has 26 heavy (non-hydrogen) atoms. The van der Waals surface area contributed by atoms with Gasteiger partial charge in [-0.1, -0.05) is 0 Å². The van der Waals surface area contributed by atoms with Crippen molar-refractivity contribution >= 4 is 34.7 Å². The normalized spacial score (nSPS) is 15.6. The summed E-state index contributed by atoms with van der Waals surface area (Å²) in [4.78, 5) is 25.9. The summed E-state index contributed by atoms with van der Waals surface area (Å²) >= 11 is 0.945. The minimum Gasteiger partial charge on any atom is -0.372 e. The first-order chi connectivity index (χ1) is 12.4. The van der Waals surface area contributed by atoms with Crippen LogP contribution >= 0.6 is 11.8 Å². The molecule has 1 aromatic carbocycles. The van der Waals surface area contributed by atoms with Crippen molar-refractivity contribution < 1.29 is 9.59 Å². The average Bonchev–Trinajstić information content (AvgIpc) is 3.08. The third-order valence-electron chi connectivity index (χ3n) is 4.64. The third-order valence-corrected chi connectivity index (χ3v) is 5.45. The number of nitrogens with one attached hydrogen (secondary N) is 1. The van der Waals surface area contributed by atoms with Crippen LogP contribution in [0.1, 0.15) is 30.8 Å². The van der Waals surface area contributed by atoms with Crippen LogP contribution in [0.3, 0.4) is 0 Å². The van der Waals surface area contributed by atoms with E-state index in [-0.39, 0.29) is 11.1 Å². The van der Waals surface area contributed by atoms with Crippen LogP contribution in [0.2, 0.25) is 0 Å². The SMILES string of the molecule is CCN(CC)c1ccc(-n2c(C)cc(/C=C3\SC(=O)NC3=O)c2C)cc1. The van der Waals surface area contributed by atoms with Gasteiger partial charge in [0.15, 0.2) is 0 Å². The number of hydrogen-bond donors (Lipinski definition) is 1. The zero-order valence-electron chi connectivity index (χ0n) is 15.5. The molecule has 0 aliphatic carbocycles. The van der Waals surface area contributed by atoms with E-state index in [0.717, 1.165) is 47.5 Å². The Hall–Kier alpha value is -2.47. The van der Waals surface area contributed by atoms with Crippen LogP contribution in [0.4, 0.5) is 10.5 Å². The Labute approximate surface area is 158 Å². The highest BCUT2D eigenvalue weighted by Crippen LogP contribution is 2.29. The lowest BCUT2D eigenvalue weighted by atomic mass is 10.2. The summed E-state index contributed by atoms with van der Waals surface area (Å²) in [6, 6.07) is 10.5. The van der Waals surface area contributed by atoms with Crippen molar-refractivity contribution in [3.63, 3.8) is 0 Å². The molecule has 136 valence electrons. The Kier molecular flexibility index (Phi) is 5.23. The monoisotopic (exact) mass is 369 g/mol. The second kappa shape index (κ2) is 7.41. The van der Waals surface area contributed by atoms with Crippen molar-refractivity contribution in [1.82, 2.24) is 9.88 Å². The first-order valence-corrected chi connectivity index (χ1v) is 9.55. The second-order valence-electron chi connectivity index (χ2n) is 6.20. The highest BCUT2D eigenvalue weighted by atomic mass is 32.2. The van der Waals surface area contributed by atoms with E-state index < -0.39 is 0 Å². The lowest BCUT2D eigenvalue weighted by Gasteiger charge is -2.21. The molecular weight excluding hydrogens is 346 g/mol. The second-order valence-corrected chi connectivity index (χ2v) is 7.22. The molecule has 0 bridgehead atoms. The number of hydrogen-bond acceptors (Lipinski definition) is 4. The molecule has 2 amide bonds.